The number of carbonyl (C=O) groups excluding carboxylic acids is 1. The Balaban J connectivity index is 1.63. The van der Waals surface area contributed by atoms with Gasteiger partial charge in [-0.1, -0.05) is 6.07 Å². The molecular weight excluding hydrogens is 371 g/mol. The topological polar surface area (TPSA) is 77.6 Å². The lowest BCUT2D eigenvalue weighted by Crippen LogP contribution is -2.13. The van der Waals surface area contributed by atoms with Crippen LogP contribution in [0.25, 0.3) is 17.1 Å². The van der Waals surface area contributed by atoms with E-state index in [0.29, 0.717) is 22.8 Å². The SMILES string of the molecule is Cc1cc(C(=O)Nc2cncc(-c3nncn3C)c2)c(C)n1-c1cccc(F)c1. The van der Waals surface area contributed by atoms with Gasteiger partial charge in [0.25, 0.3) is 5.91 Å². The molecule has 0 aliphatic rings. The predicted molar refractivity (Wildman–Crippen MR) is 107 cm³/mol. The van der Waals surface area contributed by atoms with Crippen LogP contribution in [0.15, 0.2) is 55.1 Å². The molecule has 4 rings (SSSR count). The van der Waals surface area contributed by atoms with Crippen LogP contribution in [0.2, 0.25) is 0 Å². The van der Waals surface area contributed by atoms with Crippen LogP contribution in [0.3, 0.4) is 0 Å². The second-order valence-corrected chi connectivity index (χ2v) is 6.78. The number of aromatic nitrogens is 5. The number of benzene rings is 1. The maximum Gasteiger partial charge on any atom is 0.257 e. The van der Waals surface area contributed by atoms with Crippen LogP contribution in [-0.2, 0) is 7.05 Å². The Morgan fingerprint density at radius 3 is 2.69 bits per heavy atom. The molecule has 0 aliphatic heterocycles. The molecule has 0 aliphatic carbocycles. The van der Waals surface area contributed by atoms with Crippen molar-refractivity contribution in [3.63, 3.8) is 0 Å². The van der Waals surface area contributed by atoms with E-state index in [1.54, 1.807) is 47.6 Å². The molecule has 7 nitrogen and oxygen atoms in total. The number of amides is 1. The molecule has 29 heavy (non-hydrogen) atoms. The molecule has 4 aromatic rings. The van der Waals surface area contributed by atoms with Crippen LogP contribution in [-0.4, -0.2) is 30.2 Å². The highest BCUT2D eigenvalue weighted by molar-refractivity contribution is 6.05. The van der Waals surface area contributed by atoms with Gasteiger partial charge in [-0.3, -0.25) is 9.78 Å². The van der Waals surface area contributed by atoms with Crippen molar-refractivity contribution in [2.45, 2.75) is 13.8 Å². The maximum absolute atomic E-state index is 13.6. The first-order valence-corrected chi connectivity index (χ1v) is 8.99. The van der Waals surface area contributed by atoms with Crippen molar-refractivity contribution in [2.75, 3.05) is 5.32 Å². The molecule has 0 fully saturated rings. The molecule has 0 bridgehead atoms. The molecule has 0 unspecified atom stereocenters. The Morgan fingerprint density at radius 1 is 1.14 bits per heavy atom. The van der Waals surface area contributed by atoms with E-state index in [-0.39, 0.29) is 11.7 Å². The molecule has 0 radical (unpaired) electrons. The van der Waals surface area contributed by atoms with Crippen molar-refractivity contribution in [2.24, 2.45) is 7.05 Å². The molecule has 0 saturated carbocycles. The third-order valence-electron chi connectivity index (χ3n) is 4.71. The Morgan fingerprint density at radius 2 is 1.97 bits per heavy atom. The molecule has 1 amide bonds. The number of hydrogen-bond donors (Lipinski definition) is 1. The molecule has 0 saturated heterocycles. The number of nitrogens with zero attached hydrogens (tertiary/aromatic N) is 5. The number of halogens is 1. The molecule has 0 atom stereocenters. The van der Waals surface area contributed by atoms with Crippen LogP contribution >= 0.6 is 0 Å². The van der Waals surface area contributed by atoms with Gasteiger partial charge in [-0.15, -0.1) is 10.2 Å². The number of nitrogens with one attached hydrogen (secondary N) is 1. The molecule has 1 aromatic carbocycles. The molecule has 0 spiro atoms. The zero-order chi connectivity index (χ0) is 20.5. The smallest absolute Gasteiger partial charge is 0.257 e. The zero-order valence-electron chi connectivity index (χ0n) is 16.2. The van der Waals surface area contributed by atoms with Crippen LogP contribution in [0, 0.1) is 19.7 Å². The van der Waals surface area contributed by atoms with E-state index in [1.807, 2.05) is 25.5 Å². The summed E-state index contributed by atoms with van der Waals surface area (Å²) in [7, 11) is 1.84. The minimum absolute atomic E-state index is 0.266. The largest absolute Gasteiger partial charge is 0.321 e. The van der Waals surface area contributed by atoms with Gasteiger partial charge in [0.05, 0.1) is 17.4 Å². The van der Waals surface area contributed by atoms with Crippen LogP contribution in [0.4, 0.5) is 10.1 Å². The van der Waals surface area contributed by atoms with E-state index in [1.165, 1.54) is 12.1 Å². The van der Waals surface area contributed by atoms with Crippen molar-refractivity contribution >= 4 is 11.6 Å². The maximum atomic E-state index is 13.6. The highest BCUT2D eigenvalue weighted by atomic mass is 19.1. The molecule has 146 valence electrons. The Labute approximate surface area is 166 Å². The number of carbonyl (C=O) groups is 1. The van der Waals surface area contributed by atoms with Crippen molar-refractivity contribution in [3.05, 3.63) is 77.9 Å². The molecule has 3 aromatic heterocycles. The summed E-state index contributed by atoms with van der Waals surface area (Å²) in [6, 6.07) is 9.86. The summed E-state index contributed by atoms with van der Waals surface area (Å²) < 4.78 is 17.3. The van der Waals surface area contributed by atoms with Crippen molar-refractivity contribution in [1.29, 1.82) is 0 Å². The summed E-state index contributed by atoms with van der Waals surface area (Å²) in [5, 5.41) is 10.8. The van der Waals surface area contributed by atoms with Gasteiger partial charge in [0.15, 0.2) is 5.82 Å². The molecule has 3 heterocycles. The second kappa shape index (κ2) is 7.31. The number of hydrogen-bond acceptors (Lipinski definition) is 4. The third kappa shape index (κ3) is 3.52. The third-order valence-corrected chi connectivity index (χ3v) is 4.71. The van der Waals surface area contributed by atoms with Gasteiger partial charge >= 0.3 is 0 Å². The summed E-state index contributed by atoms with van der Waals surface area (Å²) in [4.78, 5) is 17.1. The fraction of sp³-hybridized carbons (Fsp3) is 0.143. The average molecular weight is 390 g/mol. The van der Waals surface area contributed by atoms with Crippen LogP contribution in [0.1, 0.15) is 21.7 Å². The lowest BCUT2D eigenvalue weighted by molar-refractivity contribution is 0.102. The summed E-state index contributed by atoms with van der Waals surface area (Å²) in [5.74, 6) is 0.0585. The van der Waals surface area contributed by atoms with Crippen LogP contribution < -0.4 is 5.32 Å². The van der Waals surface area contributed by atoms with E-state index in [9.17, 15) is 9.18 Å². The highest BCUT2D eigenvalue weighted by Gasteiger charge is 2.17. The monoisotopic (exact) mass is 390 g/mol. The Hall–Kier alpha value is -3.81. The van der Waals surface area contributed by atoms with Gasteiger partial charge in [0.1, 0.15) is 12.1 Å². The number of aryl methyl sites for hydroxylation is 2. The lowest BCUT2D eigenvalue weighted by Gasteiger charge is -2.10. The molecule has 8 heteroatoms. The first kappa shape index (κ1) is 18.5. The van der Waals surface area contributed by atoms with Crippen LogP contribution in [0.5, 0.6) is 0 Å². The van der Waals surface area contributed by atoms with Gasteiger partial charge in [-0.05, 0) is 44.2 Å². The van der Waals surface area contributed by atoms with Crippen molar-refractivity contribution < 1.29 is 9.18 Å². The molecule has 1 N–H and O–H groups in total. The van der Waals surface area contributed by atoms with Gasteiger partial charge in [0, 0.05) is 35.9 Å². The fourth-order valence-electron chi connectivity index (χ4n) is 3.38. The lowest BCUT2D eigenvalue weighted by atomic mass is 10.2. The van der Waals surface area contributed by atoms with Gasteiger partial charge in [-0.2, -0.15) is 0 Å². The van der Waals surface area contributed by atoms with E-state index >= 15 is 0 Å². The quantitative estimate of drug-likeness (QED) is 0.577. The van der Waals surface area contributed by atoms with E-state index < -0.39 is 0 Å². The zero-order valence-corrected chi connectivity index (χ0v) is 16.2. The Kier molecular flexibility index (Phi) is 4.67. The fourth-order valence-corrected chi connectivity index (χ4v) is 3.38. The Bertz CT molecular complexity index is 1210. The van der Waals surface area contributed by atoms with Gasteiger partial charge in [-0.25, -0.2) is 4.39 Å². The molecular formula is C21H19FN6O. The first-order chi connectivity index (χ1) is 13.9. The van der Waals surface area contributed by atoms with E-state index in [4.69, 9.17) is 0 Å². The highest BCUT2D eigenvalue weighted by Crippen LogP contribution is 2.23. The predicted octanol–water partition coefficient (Wildman–Crippen LogP) is 3.68. The van der Waals surface area contributed by atoms with Crippen molar-refractivity contribution in [3.8, 4) is 17.1 Å². The van der Waals surface area contributed by atoms with Gasteiger partial charge in [0.2, 0.25) is 0 Å². The van der Waals surface area contributed by atoms with Gasteiger partial charge < -0.3 is 14.5 Å². The summed E-state index contributed by atoms with van der Waals surface area (Å²) in [6.45, 7) is 3.71. The normalized spacial score (nSPS) is 10.9. The summed E-state index contributed by atoms with van der Waals surface area (Å²) >= 11 is 0. The summed E-state index contributed by atoms with van der Waals surface area (Å²) in [6.07, 6.45) is 4.83. The minimum atomic E-state index is -0.326. The average Bonchev–Trinajstić information content (AvgIpc) is 3.24. The number of rotatable bonds is 4. The number of anilines is 1. The standard InChI is InChI=1S/C21H19FN6O/c1-13-7-19(14(2)28(13)18-6-4-5-16(22)9-18)21(29)25-17-8-15(10-23-11-17)20-26-24-12-27(20)3/h4-12H,1-3H3,(H,25,29). The van der Waals surface area contributed by atoms with E-state index in [2.05, 4.69) is 20.5 Å². The number of pyridine rings is 1. The second-order valence-electron chi connectivity index (χ2n) is 6.78. The summed E-state index contributed by atoms with van der Waals surface area (Å²) in [5.41, 5.74) is 4.03. The van der Waals surface area contributed by atoms with Crippen molar-refractivity contribution in [1.82, 2.24) is 24.3 Å². The van der Waals surface area contributed by atoms with E-state index in [0.717, 1.165) is 17.0 Å². The first-order valence-electron chi connectivity index (χ1n) is 8.99. The minimum Gasteiger partial charge on any atom is -0.321 e.